The molecule has 91 heavy (non-hydrogen) atoms. The quantitative estimate of drug-likeness (QED) is 0.121. The maximum absolute atomic E-state index is 15.2. The minimum absolute atomic E-state index is 0.0297. The molecule has 0 spiro atoms. The number of likely N-dealkylation sites (N-methyl/N-ethyl adjacent to an activating group) is 7. The van der Waals surface area contributed by atoms with Crippen molar-refractivity contribution in [1.29, 1.82) is 0 Å². The van der Waals surface area contributed by atoms with Crippen molar-refractivity contribution in [2.75, 3.05) is 62.4 Å². The lowest BCUT2D eigenvalue weighted by Crippen LogP contribution is -2.63. The average Bonchev–Trinajstić information content (AvgIpc) is 0.886. The number of carbonyl (C=O) groups is 12. The van der Waals surface area contributed by atoms with Gasteiger partial charge < -0.3 is 70.7 Å². The molecule has 1 heterocycles. The van der Waals surface area contributed by atoms with E-state index in [4.69, 9.17) is 4.74 Å². The van der Waals surface area contributed by atoms with E-state index in [0.29, 0.717) is 0 Å². The molecule has 1 fully saturated rings. The predicted octanol–water partition coefficient (Wildman–Crippen LogP) is 3.14. The summed E-state index contributed by atoms with van der Waals surface area (Å²) in [6.07, 6.45) is 1.62. The second kappa shape index (κ2) is 37.0. The van der Waals surface area contributed by atoms with Gasteiger partial charge in [0.05, 0.1) is 12.6 Å². The molecule has 0 aromatic carbocycles. The second-order valence-corrected chi connectivity index (χ2v) is 27.7. The lowest BCUT2D eigenvalue weighted by Gasteiger charge is -2.41. The van der Waals surface area contributed by atoms with E-state index in [9.17, 15) is 53.1 Å². The molecule has 26 heteroatoms. The summed E-state index contributed by atoms with van der Waals surface area (Å²) >= 11 is 0. The van der Waals surface area contributed by atoms with Gasteiger partial charge >= 0.3 is 6.09 Å². The van der Waals surface area contributed by atoms with Crippen molar-refractivity contribution in [3.05, 3.63) is 12.2 Å². The Hall–Kier alpha value is -6.86. The van der Waals surface area contributed by atoms with E-state index in [0.717, 1.165) is 14.7 Å². The third kappa shape index (κ3) is 24.3. The van der Waals surface area contributed by atoms with Crippen LogP contribution in [-0.2, 0) is 57.5 Å². The molecule has 0 aromatic heterocycles. The molecule has 1 rings (SSSR count). The van der Waals surface area contributed by atoms with E-state index in [1.54, 1.807) is 81.4 Å². The highest BCUT2D eigenvalue weighted by atomic mass is 16.6. The van der Waals surface area contributed by atoms with Gasteiger partial charge in [-0.3, -0.25) is 52.7 Å². The first-order chi connectivity index (χ1) is 41.9. The first-order valence-corrected chi connectivity index (χ1v) is 32.2. The van der Waals surface area contributed by atoms with Gasteiger partial charge in [-0.2, -0.15) is 0 Å². The molecule has 1 aliphatic heterocycles. The molecule has 0 unspecified atom stereocenters. The summed E-state index contributed by atoms with van der Waals surface area (Å²) in [6, 6.07) is -13.0. The van der Waals surface area contributed by atoms with E-state index >= 15 is 9.59 Å². The van der Waals surface area contributed by atoms with Crippen LogP contribution in [0.4, 0.5) is 4.79 Å². The number of rotatable bonds is 16. The van der Waals surface area contributed by atoms with Crippen LogP contribution in [0.5, 0.6) is 0 Å². The lowest BCUT2D eigenvalue weighted by atomic mass is 9.91. The van der Waals surface area contributed by atoms with Crippen LogP contribution in [0.1, 0.15) is 163 Å². The van der Waals surface area contributed by atoms with Gasteiger partial charge in [0.1, 0.15) is 66.0 Å². The number of ether oxygens (including phenoxy) is 1. The van der Waals surface area contributed by atoms with Crippen LogP contribution >= 0.6 is 0 Å². The third-order valence-corrected chi connectivity index (χ3v) is 16.5. The SMILES string of the molecule is C/C=C/C[C@@H](C)[C@@H](O)[C@H]1C(=O)N[C@@H](CC)C(=O)N(C)CC(=O)N(C)[C@@H](CCNC(=O)OC(C)(C)C)C(=O)N[C@@H](C(C)C)C(=O)N(C)[C@@H](CC(C)C)C(=O)N[C@@H](C)C(=O)N[C@H](C)C(=O)N(C)[C@@H](CC(C)C)C(=O)N(C)[C@@H](CC(C)C)C(=O)N(C)[C@@H](C(C)C)C(=O)N1C. The number of nitrogens with one attached hydrogen (secondary N) is 5. The number of amides is 12. The topological polar surface area (TPSA) is 317 Å². The first kappa shape index (κ1) is 82.2. The number of hydrogen-bond donors (Lipinski definition) is 6. The molecule has 26 nitrogen and oxygen atoms in total. The van der Waals surface area contributed by atoms with E-state index in [1.165, 1.54) is 82.8 Å². The normalized spacial score (nSPS) is 25.9. The Bertz CT molecular complexity index is 2530. The van der Waals surface area contributed by atoms with Crippen molar-refractivity contribution in [3.8, 4) is 0 Å². The monoisotopic (exact) mass is 1290 g/mol. The van der Waals surface area contributed by atoms with Crippen molar-refractivity contribution in [2.24, 2.45) is 35.5 Å². The number of alkyl carbamates (subject to hydrolysis) is 1. The fourth-order valence-electron chi connectivity index (χ4n) is 10.9. The zero-order valence-corrected chi connectivity index (χ0v) is 59.5. The highest BCUT2D eigenvalue weighted by Crippen LogP contribution is 2.26. The van der Waals surface area contributed by atoms with Crippen molar-refractivity contribution in [3.63, 3.8) is 0 Å². The molecule has 1 aliphatic rings. The van der Waals surface area contributed by atoms with Crippen molar-refractivity contribution < 1.29 is 67.4 Å². The zero-order chi connectivity index (χ0) is 70.6. The Morgan fingerprint density at radius 3 is 1.49 bits per heavy atom. The Labute approximate surface area is 542 Å². The zero-order valence-electron chi connectivity index (χ0n) is 59.5. The molecule has 6 N–H and O–H groups in total. The van der Waals surface area contributed by atoms with Gasteiger partial charge in [-0.1, -0.05) is 95.2 Å². The smallest absolute Gasteiger partial charge is 0.407 e. The van der Waals surface area contributed by atoms with Crippen LogP contribution < -0.4 is 26.6 Å². The van der Waals surface area contributed by atoms with Gasteiger partial charge in [-0.15, -0.1) is 0 Å². The molecule has 12 atom stereocenters. The van der Waals surface area contributed by atoms with E-state index < -0.39 is 167 Å². The first-order valence-electron chi connectivity index (χ1n) is 32.2. The van der Waals surface area contributed by atoms with Crippen LogP contribution in [0.2, 0.25) is 0 Å². The van der Waals surface area contributed by atoms with E-state index in [2.05, 4.69) is 26.6 Å². The van der Waals surface area contributed by atoms with E-state index in [1.807, 2.05) is 41.5 Å². The molecule has 1 saturated heterocycles. The van der Waals surface area contributed by atoms with Gasteiger partial charge in [0.15, 0.2) is 0 Å². The van der Waals surface area contributed by atoms with Gasteiger partial charge in [-0.05, 0) is 116 Å². The average molecular weight is 1290 g/mol. The molecule has 520 valence electrons. The number of aliphatic hydroxyl groups excluding tert-OH is 1. The predicted molar refractivity (Wildman–Crippen MR) is 348 cm³/mol. The summed E-state index contributed by atoms with van der Waals surface area (Å²) < 4.78 is 5.40. The molecular weight excluding hydrogens is 1170 g/mol. The maximum Gasteiger partial charge on any atom is 0.407 e. The molecule has 0 aliphatic carbocycles. The van der Waals surface area contributed by atoms with Gasteiger partial charge in [0.2, 0.25) is 65.0 Å². The number of allylic oxidation sites excluding steroid dienone is 2. The summed E-state index contributed by atoms with van der Waals surface area (Å²) in [5.41, 5.74) is -0.878. The van der Waals surface area contributed by atoms with Crippen molar-refractivity contribution >= 4 is 71.1 Å². The van der Waals surface area contributed by atoms with Gasteiger partial charge in [0.25, 0.3) is 0 Å². The van der Waals surface area contributed by atoms with Crippen LogP contribution in [0, 0.1) is 35.5 Å². The number of nitrogens with zero attached hydrogens (tertiary/aromatic N) is 7. The summed E-state index contributed by atoms with van der Waals surface area (Å²) in [5, 5.41) is 25.6. The fraction of sp³-hybridized carbons (Fsp3) is 0.785. The summed E-state index contributed by atoms with van der Waals surface area (Å²) in [4.78, 5) is 182. The number of aliphatic hydroxyl groups is 1. The Kier molecular flexibility index (Phi) is 33.4. The third-order valence-electron chi connectivity index (χ3n) is 16.5. The van der Waals surface area contributed by atoms with Crippen LogP contribution in [0.3, 0.4) is 0 Å². The molecule has 0 radical (unpaired) electrons. The van der Waals surface area contributed by atoms with Gasteiger partial charge in [0, 0.05) is 55.9 Å². The molecule has 0 saturated carbocycles. The summed E-state index contributed by atoms with van der Waals surface area (Å²) in [5.74, 6) is -10.5. The minimum atomic E-state index is -1.65. The summed E-state index contributed by atoms with van der Waals surface area (Å²) in [7, 11) is 9.65. The number of carbonyl (C=O) groups excluding carboxylic acids is 12. The Balaban J connectivity index is 4.38. The highest BCUT2D eigenvalue weighted by molar-refractivity contribution is 5.99. The number of hydrogen-bond acceptors (Lipinski definition) is 14. The maximum atomic E-state index is 15.2. The fourth-order valence-corrected chi connectivity index (χ4v) is 10.9. The van der Waals surface area contributed by atoms with Crippen molar-refractivity contribution in [1.82, 2.24) is 60.9 Å². The van der Waals surface area contributed by atoms with Crippen LogP contribution in [0.25, 0.3) is 0 Å². The Morgan fingerprint density at radius 1 is 0.560 bits per heavy atom. The molecule has 0 aromatic rings. The second-order valence-electron chi connectivity index (χ2n) is 27.7. The Morgan fingerprint density at radius 2 is 1.02 bits per heavy atom. The highest BCUT2D eigenvalue weighted by Gasteiger charge is 2.46. The standard InChI is InChI=1S/C65H116N12O14/c1-26-28-29-41(13)53(79)52-57(83)69-44(27-2)59(85)71(19)35-49(78)72(20)45(30-31-66-64(90)91-65(16,17)18)55(81)70-50(39(9)10)62(88)73(21)46(32-36(3)4)56(82)67-42(14)54(80)68-43(15)58(84)74(22)47(33-37(5)6)60(86)75(23)48(34-38(7)8)61(87)76(24)51(40(11)12)63(89)77(52)25/h26,28,36-48,50-53,79H,27,29-35H2,1-25H3,(H,66,90)(H,67,82)(H,68,80)(H,69,83)(H,70,81)/b28-26+/t41-,42+,43-,44+,45+,46+,47+,48+,50+,51+,52+,53-/m1/s1. The van der Waals surface area contributed by atoms with Crippen LogP contribution in [0.15, 0.2) is 12.2 Å². The lowest BCUT2D eigenvalue weighted by molar-refractivity contribution is -0.157. The largest absolute Gasteiger partial charge is 0.444 e. The summed E-state index contributed by atoms with van der Waals surface area (Å²) in [6.45, 7) is 29.9. The van der Waals surface area contributed by atoms with Crippen LogP contribution in [-0.4, -0.2) is 245 Å². The molecular formula is C65H116N12O14. The minimum Gasteiger partial charge on any atom is -0.444 e. The molecule has 0 bridgehead atoms. The molecule has 12 amide bonds. The van der Waals surface area contributed by atoms with Crippen molar-refractivity contribution in [2.45, 2.75) is 235 Å². The van der Waals surface area contributed by atoms with Gasteiger partial charge in [-0.25, -0.2) is 4.79 Å². The van der Waals surface area contributed by atoms with E-state index in [-0.39, 0.29) is 62.8 Å².